The molecule has 126 valence electrons. The van der Waals surface area contributed by atoms with Crippen LogP contribution >= 0.6 is 0 Å². The normalized spacial score (nSPS) is 19.9. The van der Waals surface area contributed by atoms with E-state index in [2.05, 4.69) is 5.32 Å². The average molecular weight is 324 g/mol. The Bertz CT molecular complexity index is 714. The number of carbonyl (C=O) groups excluding carboxylic acids is 1. The minimum absolute atomic E-state index is 0.0366. The van der Waals surface area contributed by atoms with Gasteiger partial charge >= 0.3 is 0 Å². The van der Waals surface area contributed by atoms with Crippen molar-refractivity contribution in [2.75, 3.05) is 12.4 Å². The van der Waals surface area contributed by atoms with E-state index in [4.69, 9.17) is 10.5 Å². The number of nitrogens with one attached hydrogen (secondary N) is 1. The molecule has 1 aliphatic carbocycles. The molecule has 0 bridgehead atoms. The Morgan fingerprint density at radius 3 is 2.79 bits per heavy atom. The maximum absolute atomic E-state index is 12.3. The number of amides is 1. The van der Waals surface area contributed by atoms with Crippen molar-refractivity contribution in [3.05, 3.63) is 48.5 Å². The molecule has 2 aromatic carbocycles. The molecule has 24 heavy (non-hydrogen) atoms. The molecule has 3 rings (SSSR count). The minimum Gasteiger partial charge on any atom is -0.496 e. The molecule has 0 heterocycles. The zero-order valence-electron chi connectivity index (χ0n) is 14.0. The van der Waals surface area contributed by atoms with Crippen LogP contribution in [-0.4, -0.2) is 19.1 Å². The van der Waals surface area contributed by atoms with Crippen LogP contribution in [0.3, 0.4) is 0 Å². The van der Waals surface area contributed by atoms with Crippen LogP contribution in [0.4, 0.5) is 5.69 Å². The smallest absolute Gasteiger partial charge is 0.224 e. The summed E-state index contributed by atoms with van der Waals surface area (Å²) in [5, 5.41) is 3.00. The second-order valence-electron chi connectivity index (χ2n) is 6.39. The highest BCUT2D eigenvalue weighted by Crippen LogP contribution is 2.31. The number of hydrogen-bond donors (Lipinski definition) is 2. The number of para-hydroxylation sites is 1. The van der Waals surface area contributed by atoms with Crippen molar-refractivity contribution in [2.24, 2.45) is 11.7 Å². The van der Waals surface area contributed by atoms with E-state index in [9.17, 15) is 4.79 Å². The molecule has 1 amide bonds. The van der Waals surface area contributed by atoms with Gasteiger partial charge in [-0.1, -0.05) is 36.8 Å². The van der Waals surface area contributed by atoms with E-state index in [-0.39, 0.29) is 11.9 Å². The first-order valence-corrected chi connectivity index (χ1v) is 8.46. The Kier molecular flexibility index (Phi) is 5.16. The molecule has 0 aliphatic heterocycles. The summed E-state index contributed by atoms with van der Waals surface area (Å²) in [5.41, 5.74) is 8.88. The number of carbonyl (C=O) groups is 1. The van der Waals surface area contributed by atoms with Gasteiger partial charge in [0.05, 0.1) is 7.11 Å². The van der Waals surface area contributed by atoms with Crippen LogP contribution in [0, 0.1) is 5.92 Å². The Morgan fingerprint density at radius 2 is 2.04 bits per heavy atom. The molecule has 0 aromatic heterocycles. The van der Waals surface area contributed by atoms with Gasteiger partial charge in [0.15, 0.2) is 0 Å². The molecule has 4 heteroatoms. The average Bonchev–Trinajstić information content (AvgIpc) is 2.99. The van der Waals surface area contributed by atoms with Crippen molar-refractivity contribution in [2.45, 2.75) is 31.7 Å². The topological polar surface area (TPSA) is 64.3 Å². The third kappa shape index (κ3) is 3.77. The summed E-state index contributed by atoms with van der Waals surface area (Å²) in [6.07, 6.45) is 3.71. The van der Waals surface area contributed by atoms with Crippen LogP contribution < -0.4 is 15.8 Å². The monoisotopic (exact) mass is 324 g/mol. The minimum atomic E-state index is 0.0366. The number of ether oxygens (including phenoxy) is 1. The van der Waals surface area contributed by atoms with Crippen LogP contribution in [0.2, 0.25) is 0 Å². The zero-order chi connectivity index (χ0) is 16.9. The number of nitrogens with two attached hydrogens (primary N) is 1. The lowest BCUT2D eigenvalue weighted by molar-refractivity contribution is -0.117. The van der Waals surface area contributed by atoms with Crippen molar-refractivity contribution in [1.29, 1.82) is 0 Å². The Morgan fingerprint density at radius 1 is 1.21 bits per heavy atom. The van der Waals surface area contributed by atoms with Gasteiger partial charge in [0, 0.05) is 23.7 Å². The van der Waals surface area contributed by atoms with Gasteiger partial charge in [-0.3, -0.25) is 4.79 Å². The van der Waals surface area contributed by atoms with E-state index in [1.54, 1.807) is 7.11 Å². The number of methoxy groups -OCH3 is 1. The van der Waals surface area contributed by atoms with Crippen LogP contribution in [0.25, 0.3) is 11.1 Å². The predicted molar refractivity (Wildman–Crippen MR) is 97.0 cm³/mol. The Labute approximate surface area is 143 Å². The number of benzene rings is 2. The maximum Gasteiger partial charge on any atom is 0.224 e. The van der Waals surface area contributed by atoms with Gasteiger partial charge in [-0.15, -0.1) is 0 Å². The highest BCUT2D eigenvalue weighted by molar-refractivity contribution is 5.91. The second-order valence-corrected chi connectivity index (χ2v) is 6.39. The molecule has 0 saturated heterocycles. The first-order valence-electron chi connectivity index (χ1n) is 8.46. The van der Waals surface area contributed by atoms with E-state index >= 15 is 0 Å². The summed E-state index contributed by atoms with van der Waals surface area (Å²) in [6, 6.07) is 15.9. The molecule has 0 radical (unpaired) electrons. The summed E-state index contributed by atoms with van der Waals surface area (Å²) < 4.78 is 5.42. The van der Waals surface area contributed by atoms with Gasteiger partial charge in [0.2, 0.25) is 5.91 Å². The van der Waals surface area contributed by atoms with Crippen molar-refractivity contribution in [1.82, 2.24) is 0 Å². The molecule has 0 unspecified atom stereocenters. The summed E-state index contributed by atoms with van der Waals surface area (Å²) in [7, 11) is 1.66. The summed E-state index contributed by atoms with van der Waals surface area (Å²) in [5.74, 6) is 1.16. The molecule has 1 saturated carbocycles. The van der Waals surface area contributed by atoms with E-state index in [0.717, 1.165) is 41.8 Å². The van der Waals surface area contributed by atoms with E-state index in [1.807, 2.05) is 48.5 Å². The molecule has 1 aliphatic rings. The molecular weight excluding hydrogens is 300 g/mol. The van der Waals surface area contributed by atoms with E-state index < -0.39 is 0 Å². The lowest BCUT2D eigenvalue weighted by atomic mass is 9.99. The van der Waals surface area contributed by atoms with Crippen LogP contribution in [0.15, 0.2) is 48.5 Å². The third-order valence-electron chi connectivity index (χ3n) is 4.73. The van der Waals surface area contributed by atoms with Crippen molar-refractivity contribution in [3.8, 4) is 16.9 Å². The summed E-state index contributed by atoms with van der Waals surface area (Å²) in [6.45, 7) is 0. The Hall–Kier alpha value is -2.33. The standard InChI is InChI=1S/C20H24N2O2/c1-24-19-11-3-2-9-17(19)14-6-4-8-16(12-14)22-20(23)13-15-7-5-10-18(15)21/h2-4,6,8-9,11-12,15,18H,5,7,10,13,21H2,1H3,(H,22,23)/t15-,18+/m0/s1. The quantitative estimate of drug-likeness (QED) is 0.879. The van der Waals surface area contributed by atoms with Gasteiger partial charge in [0.1, 0.15) is 5.75 Å². The number of hydrogen-bond acceptors (Lipinski definition) is 3. The van der Waals surface area contributed by atoms with Crippen LogP contribution in [-0.2, 0) is 4.79 Å². The van der Waals surface area contributed by atoms with Gasteiger partial charge < -0.3 is 15.8 Å². The number of rotatable bonds is 5. The van der Waals surface area contributed by atoms with Crippen molar-refractivity contribution >= 4 is 11.6 Å². The molecule has 4 nitrogen and oxygen atoms in total. The summed E-state index contributed by atoms with van der Waals surface area (Å²) >= 11 is 0. The molecule has 0 spiro atoms. The van der Waals surface area contributed by atoms with Crippen molar-refractivity contribution in [3.63, 3.8) is 0 Å². The SMILES string of the molecule is COc1ccccc1-c1cccc(NC(=O)C[C@@H]2CCC[C@H]2N)c1. The number of anilines is 1. The van der Waals surface area contributed by atoms with Crippen molar-refractivity contribution < 1.29 is 9.53 Å². The molecule has 2 atom stereocenters. The van der Waals surface area contributed by atoms with E-state index in [0.29, 0.717) is 12.3 Å². The lowest BCUT2D eigenvalue weighted by Crippen LogP contribution is -2.28. The fourth-order valence-corrected chi connectivity index (χ4v) is 3.42. The zero-order valence-corrected chi connectivity index (χ0v) is 14.0. The van der Waals surface area contributed by atoms with Crippen LogP contribution in [0.5, 0.6) is 5.75 Å². The first-order chi connectivity index (χ1) is 11.7. The molecule has 2 aromatic rings. The predicted octanol–water partition coefficient (Wildman–Crippen LogP) is 3.82. The molecule has 1 fully saturated rings. The fraction of sp³-hybridized carbons (Fsp3) is 0.350. The fourth-order valence-electron chi connectivity index (χ4n) is 3.42. The maximum atomic E-state index is 12.3. The highest BCUT2D eigenvalue weighted by Gasteiger charge is 2.26. The van der Waals surface area contributed by atoms with E-state index in [1.165, 1.54) is 0 Å². The van der Waals surface area contributed by atoms with Crippen LogP contribution in [0.1, 0.15) is 25.7 Å². The Balaban J connectivity index is 1.72. The van der Waals surface area contributed by atoms with Gasteiger partial charge in [-0.05, 0) is 42.5 Å². The van der Waals surface area contributed by atoms with Gasteiger partial charge in [0.25, 0.3) is 0 Å². The second kappa shape index (κ2) is 7.49. The lowest BCUT2D eigenvalue weighted by Gasteiger charge is -2.15. The van der Waals surface area contributed by atoms with Gasteiger partial charge in [-0.2, -0.15) is 0 Å². The third-order valence-corrected chi connectivity index (χ3v) is 4.73. The summed E-state index contributed by atoms with van der Waals surface area (Å²) in [4.78, 5) is 12.3. The highest BCUT2D eigenvalue weighted by atomic mass is 16.5. The van der Waals surface area contributed by atoms with Gasteiger partial charge in [-0.25, -0.2) is 0 Å². The molecular formula is C20H24N2O2. The first kappa shape index (κ1) is 16.5. The largest absolute Gasteiger partial charge is 0.496 e. The molecule has 3 N–H and O–H groups in total.